The molecule has 0 saturated carbocycles. The zero-order chi connectivity index (χ0) is 14.8. The second-order valence-corrected chi connectivity index (χ2v) is 5.08. The van der Waals surface area contributed by atoms with Crippen LogP contribution in [-0.4, -0.2) is 71.4 Å². The Morgan fingerprint density at radius 3 is 2.37 bits per heavy atom. The molecule has 1 rings (SSSR count). The third kappa shape index (κ3) is 4.65. The quantitative estimate of drug-likeness (QED) is 0.335. The summed E-state index contributed by atoms with van der Waals surface area (Å²) in [6.07, 6.45) is -6.28. The summed E-state index contributed by atoms with van der Waals surface area (Å²) in [5, 5.41) is 31.0. The number of aliphatic hydroxyl groups excluding tert-OH is 3. The minimum atomic E-state index is -4.74. The molecule has 1 aliphatic rings. The van der Waals surface area contributed by atoms with Gasteiger partial charge in [-0.25, -0.2) is 4.18 Å². The summed E-state index contributed by atoms with van der Waals surface area (Å²) in [5.74, 6) is -0.563. The Morgan fingerprint density at radius 1 is 1.32 bits per heavy atom. The topological polar surface area (TPSA) is 163 Å². The summed E-state index contributed by atoms with van der Waals surface area (Å²) >= 11 is 0. The fourth-order valence-electron chi connectivity index (χ4n) is 1.63. The Bertz CT molecular complexity index is 424. The van der Waals surface area contributed by atoms with Gasteiger partial charge >= 0.3 is 10.4 Å². The summed E-state index contributed by atoms with van der Waals surface area (Å²) in [5.41, 5.74) is 0. The minimum absolute atomic E-state index is 0.563. The number of nitrogens with one attached hydrogen (secondary N) is 1. The van der Waals surface area contributed by atoms with Crippen LogP contribution in [0.5, 0.6) is 0 Å². The second kappa shape index (κ2) is 6.09. The molecule has 112 valence electrons. The number of amides is 1. The third-order valence-electron chi connectivity index (χ3n) is 2.47. The first-order valence-corrected chi connectivity index (χ1v) is 6.57. The van der Waals surface area contributed by atoms with Crippen molar-refractivity contribution in [1.82, 2.24) is 5.32 Å². The largest absolute Gasteiger partial charge is 0.397 e. The minimum Gasteiger partial charge on any atom is -0.388 e. The van der Waals surface area contributed by atoms with Crippen LogP contribution in [0.4, 0.5) is 0 Å². The summed E-state index contributed by atoms with van der Waals surface area (Å²) in [4.78, 5) is 10.8. The number of carbonyl (C=O) groups is 1. The molecule has 0 aromatic rings. The molecule has 11 heteroatoms. The van der Waals surface area contributed by atoms with Gasteiger partial charge in [-0.15, -0.1) is 0 Å². The fraction of sp³-hybridized carbons (Fsp3) is 0.875. The predicted molar refractivity (Wildman–Crippen MR) is 58.0 cm³/mol. The van der Waals surface area contributed by atoms with Gasteiger partial charge in [-0.05, 0) is 0 Å². The molecule has 0 aromatic heterocycles. The summed E-state index contributed by atoms with van der Waals surface area (Å²) in [6, 6.07) is -1.27. The Morgan fingerprint density at radius 2 is 1.89 bits per heavy atom. The summed E-state index contributed by atoms with van der Waals surface area (Å²) in [7, 11) is -4.74. The summed E-state index contributed by atoms with van der Waals surface area (Å²) in [6.45, 7) is 0.334. The van der Waals surface area contributed by atoms with Crippen LogP contribution in [0.3, 0.4) is 0 Å². The standard InChI is InChI=1S/C8H15NO9S/c1-3(10)9-5-7(12)6(11)4(18-8(5)13)2-17-19(14,15)16/h4-8,11-13H,2H2,1H3,(H,9,10)(H,14,15,16)/t4-,5-,6+,7-,8?/m1/s1. The first kappa shape index (κ1) is 16.2. The van der Waals surface area contributed by atoms with Gasteiger partial charge in [0, 0.05) is 6.92 Å². The van der Waals surface area contributed by atoms with Gasteiger partial charge in [-0.2, -0.15) is 8.42 Å². The van der Waals surface area contributed by atoms with Crippen molar-refractivity contribution in [1.29, 1.82) is 0 Å². The van der Waals surface area contributed by atoms with Crippen molar-refractivity contribution in [2.24, 2.45) is 0 Å². The van der Waals surface area contributed by atoms with Gasteiger partial charge in [0.25, 0.3) is 0 Å². The van der Waals surface area contributed by atoms with E-state index in [1.807, 2.05) is 0 Å². The maximum absolute atomic E-state index is 10.8. The highest BCUT2D eigenvalue weighted by Crippen LogP contribution is 2.20. The number of carbonyl (C=O) groups excluding carboxylic acids is 1. The van der Waals surface area contributed by atoms with Crippen LogP contribution in [0.15, 0.2) is 0 Å². The Kier molecular flexibility index (Phi) is 5.20. The lowest BCUT2D eigenvalue weighted by atomic mass is 9.97. The highest BCUT2D eigenvalue weighted by molar-refractivity contribution is 7.80. The zero-order valence-corrected chi connectivity index (χ0v) is 10.6. The third-order valence-corrected chi connectivity index (χ3v) is 2.91. The number of ether oxygens (including phenoxy) is 1. The lowest BCUT2D eigenvalue weighted by Gasteiger charge is -2.40. The Labute approximate surface area is 108 Å². The zero-order valence-electron chi connectivity index (χ0n) is 9.83. The van der Waals surface area contributed by atoms with E-state index in [-0.39, 0.29) is 0 Å². The van der Waals surface area contributed by atoms with Crippen LogP contribution in [0.1, 0.15) is 6.92 Å². The molecule has 1 fully saturated rings. The highest BCUT2D eigenvalue weighted by Gasteiger charge is 2.44. The van der Waals surface area contributed by atoms with Crippen molar-refractivity contribution in [3.63, 3.8) is 0 Å². The second-order valence-electron chi connectivity index (χ2n) is 3.98. The molecule has 0 aromatic carbocycles. The molecule has 0 spiro atoms. The van der Waals surface area contributed by atoms with E-state index in [4.69, 9.17) is 9.29 Å². The van der Waals surface area contributed by atoms with Crippen molar-refractivity contribution >= 4 is 16.3 Å². The maximum Gasteiger partial charge on any atom is 0.397 e. The molecule has 0 radical (unpaired) electrons. The lowest BCUT2D eigenvalue weighted by Crippen LogP contribution is -2.64. The molecule has 5 atom stereocenters. The van der Waals surface area contributed by atoms with Gasteiger partial charge in [-0.3, -0.25) is 9.35 Å². The van der Waals surface area contributed by atoms with Crippen molar-refractivity contribution in [3.8, 4) is 0 Å². The van der Waals surface area contributed by atoms with Crippen LogP contribution in [-0.2, 0) is 24.1 Å². The molecular formula is C8H15NO9S. The Balaban J connectivity index is 2.69. The van der Waals surface area contributed by atoms with Crippen molar-refractivity contribution in [2.45, 2.75) is 37.6 Å². The Hall–Kier alpha value is -0.820. The van der Waals surface area contributed by atoms with E-state index >= 15 is 0 Å². The number of aliphatic hydroxyl groups is 3. The fourth-order valence-corrected chi connectivity index (χ4v) is 1.93. The first-order valence-electron chi connectivity index (χ1n) is 5.20. The van der Waals surface area contributed by atoms with Gasteiger partial charge in [0.2, 0.25) is 5.91 Å². The SMILES string of the molecule is CC(=O)N[C@H]1C(O)O[C@H](COS(=O)(=O)O)[C@H](O)[C@@H]1O. The van der Waals surface area contributed by atoms with Gasteiger partial charge < -0.3 is 25.4 Å². The van der Waals surface area contributed by atoms with E-state index < -0.39 is 53.6 Å². The van der Waals surface area contributed by atoms with Crippen molar-refractivity contribution in [3.05, 3.63) is 0 Å². The van der Waals surface area contributed by atoms with E-state index in [2.05, 4.69) is 9.50 Å². The molecule has 10 nitrogen and oxygen atoms in total. The maximum atomic E-state index is 10.8. The van der Waals surface area contributed by atoms with Crippen LogP contribution >= 0.6 is 0 Å². The van der Waals surface area contributed by atoms with Crippen LogP contribution < -0.4 is 5.32 Å². The van der Waals surface area contributed by atoms with E-state index in [9.17, 15) is 28.5 Å². The number of hydrogen-bond donors (Lipinski definition) is 5. The van der Waals surface area contributed by atoms with E-state index in [1.165, 1.54) is 0 Å². The van der Waals surface area contributed by atoms with Crippen molar-refractivity contribution < 1.29 is 42.0 Å². The van der Waals surface area contributed by atoms with Crippen LogP contribution in [0, 0.1) is 0 Å². The van der Waals surface area contributed by atoms with Crippen LogP contribution in [0.25, 0.3) is 0 Å². The number of hydrogen-bond acceptors (Lipinski definition) is 8. The highest BCUT2D eigenvalue weighted by atomic mass is 32.3. The molecule has 1 saturated heterocycles. The molecule has 1 heterocycles. The summed E-state index contributed by atoms with van der Waals surface area (Å²) < 4.78 is 37.9. The number of rotatable bonds is 4. The molecular weight excluding hydrogens is 286 g/mol. The van der Waals surface area contributed by atoms with Gasteiger partial charge in [0.1, 0.15) is 24.4 Å². The molecule has 5 N–H and O–H groups in total. The van der Waals surface area contributed by atoms with Gasteiger partial charge in [0.15, 0.2) is 6.29 Å². The first-order chi connectivity index (χ1) is 8.61. The average molecular weight is 301 g/mol. The smallest absolute Gasteiger partial charge is 0.388 e. The molecule has 0 aliphatic carbocycles. The van der Waals surface area contributed by atoms with Crippen molar-refractivity contribution in [2.75, 3.05) is 6.61 Å². The van der Waals surface area contributed by atoms with E-state index in [1.54, 1.807) is 0 Å². The molecule has 1 unspecified atom stereocenters. The molecule has 0 bridgehead atoms. The van der Waals surface area contributed by atoms with Crippen LogP contribution in [0.2, 0.25) is 0 Å². The van der Waals surface area contributed by atoms with Gasteiger partial charge in [-0.1, -0.05) is 0 Å². The average Bonchev–Trinajstić information content (AvgIpc) is 2.26. The monoisotopic (exact) mass is 301 g/mol. The van der Waals surface area contributed by atoms with Gasteiger partial charge in [0.05, 0.1) is 6.61 Å². The normalized spacial score (nSPS) is 35.9. The van der Waals surface area contributed by atoms with E-state index in [0.29, 0.717) is 0 Å². The predicted octanol–water partition coefficient (Wildman–Crippen LogP) is -3.25. The molecule has 1 aliphatic heterocycles. The molecule has 1 amide bonds. The van der Waals surface area contributed by atoms with E-state index in [0.717, 1.165) is 6.92 Å². The molecule has 19 heavy (non-hydrogen) atoms. The lowest BCUT2D eigenvalue weighted by molar-refractivity contribution is -0.252.